The van der Waals surface area contributed by atoms with Gasteiger partial charge in [0.1, 0.15) is 5.02 Å². The lowest BCUT2D eigenvalue weighted by Gasteiger charge is -2.26. The first-order valence-electron chi connectivity index (χ1n) is 10.2. The quantitative estimate of drug-likeness (QED) is 0.714. The molecule has 2 aromatic rings. The van der Waals surface area contributed by atoms with Crippen LogP contribution in [0.3, 0.4) is 0 Å². The summed E-state index contributed by atoms with van der Waals surface area (Å²) < 4.78 is 5.64. The number of nitrogens with one attached hydrogen (secondary N) is 2. The predicted octanol–water partition coefficient (Wildman–Crippen LogP) is 4.45. The molecule has 2 aliphatic heterocycles. The van der Waals surface area contributed by atoms with Crippen molar-refractivity contribution in [1.29, 1.82) is 0 Å². The third-order valence-electron chi connectivity index (χ3n) is 5.33. The molecule has 3 heterocycles. The highest BCUT2D eigenvalue weighted by Gasteiger charge is 2.16. The minimum Gasteiger partial charge on any atom is -0.376 e. The molecule has 4 rings (SSSR count). The van der Waals surface area contributed by atoms with E-state index < -0.39 is 0 Å². The number of nitrogens with zero attached hydrogens (tertiary/aromatic N) is 3. The van der Waals surface area contributed by atoms with Crippen LogP contribution >= 0.6 is 11.6 Å². The number of benzene rings is 1. The van der Waals surface area contributed by atoms with E-state index in [0.29, 0.717) is 23.3 Å². The van der Waals surface area contributed by atoms with Gasteiger partial charge >= 0.3 is 0 Å². The molecule has 0 amide bonds. The molecule has 6 nitrogen and oxygen atoms in total. The first-order valence-corrected chi connectivity index (χ1v) is 10.6. The minimum atomic E-state index is 0.231. The molecule has 7 heteroatoms. The second-order valence-corrected chi connectivity index (χ2v) is 7.97. The van der Waals surface area contributed by atoms with Crippen molar-refractivity contribution in [2.24, 2.45) is 0 Å². The Labute approximate surface area is 171 Å². The van der Waals surface area contributed by atoms with Gasteiger partial charge in [-0.2, -0.15) is 4.98 Å². The second-order valence-electron chi connectivity index (χ2n) is 7.56. The zero-order chi connectivity index (χ0) is 19.2. The molecule has 0 aliphatic carbocycles. The zero-order valence-electron chi connectivity index (χ0n) is 16.2. The average Bonchev–Trinajstić information content (AvgIpc) is 3.24. The first-order chi connectivity index (χ1) is 13.8. The Morgan fingerprint density at radius 1 is 1.11 bits per heavy atom. The summed E-state index contributed by atoms with van der Waals surface area (Å²) in [4.78, 5) is 11.3. The molecule has 1 aromatic carbocycles. The lowest BCUT2D eigenvalue weighted by Crippen LogP contribution is -2.29. The minimum absolute atomic E-state index is 0.231. The number of rotatable bonds is 7. The van der Waals surface area contributed by atoms with Crippen LogP contribution in [0.4, 0.5) is 17.5 Å². The van der Waals surface area contributed by atoms with E-state index in [1.165, 1.54) is 37.9 Å². The van der Waals surface area contributed by atoms with Crippen LogP contribution < -0.4 is 10.6 Å². The van der Waals surface area contributed by atoms with Gasteiger partial charge in [0, 0.05) is 25.4 Å². The molecule has 2 N–H and O–H groups in total. The highest BCUT2D eigenvalue weighted by atomic mass is 35.5. The highest BCUT2D eigenvalue weighted by molar-refractivity contribution is 6.32. The number of ether oxygens (including phenoxy) is 1. The van der Waals surface area contributed by atoms with Crippen molar-refractivity contribution in [3.63, 3.8) is 0 Å². The number of aromatic nitrogens is 2. The molecule has 2 fully saturated rings. The topological polar surface area (TPSA) is 62.3 Å². The Hall–Kier alpha value is -1.89. The summed E-state index contributed by atoms with van der Waals surface area (Å²) in [6, 6.07) is 8.50. The van der Waals surface area contributed by atoms with Gasteiger partial charge in [-0.25, -0.2) is 4.98 Å². The van der Waals surface area contributed by atoms with Crippen molar-refractivity contribution >= 4 is 29.1 Å². The fraction of sp³-hybridized carbons (Fsp3) is 0.524. The van der Waals surface area contributed by atoms with Crippen LogP contribution in [0.15, 0.2) is 30.5 Å². The Balaban J connectivity index is 1.34. The van der Waals surface area contributed by atoms with E-state index in [0.717, 1.165) is 31.7 Å². The first kappa shape index (κ1) is 19.4. The van der Waals surface area contributed by atoms with Crippen molar-refractivity contribution < 1.29 is 4.74 Å². The van der Waals surface area contributed by atoms with Gasteiger partial charge in [-0.15, -0.1) is 0 Å². The molecular formula is C21H28ClN5O. The summed E-state index contributed by atoms with van der Waals surface area (Å²) >= 11 is 6.24. The highest BCUT2D eigenvalue weighted by Crippen LogP contribution is 2.23. The normalized spacial score (nSPS) is 20.2. The van der Waals surface area contributed by atoms with E-state index in [9.17, 15) is 0 Å². The Kier molecular flexibility index (Phi) is 6.62. The van der Waals surface area contributed by atoms with Crippen LogP contribution in [0.1, 0.15) is 37.7 Å². The number of likely N-dealkylation sites (tertiary alicyclic amines) is 1. The molecule has 0 radical (unpaired) electrons. The molecule has 0 saturated carbocycles. The third-order valence-corrected chi connectivity index (χ3v) is 5.61. The van der Waals surface area contributed by atoms with Gasteiger partial charge in [-0.3, -0.25) is 4.90 Å². The van der Waals surface area contributed by atoms with Crippen molar-refractivity contribution in [2.45, 2.75) is 44.8 Å². The fourth-order valence-corrected chi connectivity index (χ4v) is 3.92. The van der Waals surface area contributed by atoms with Crippen LogP contribution in [0.5, 0.6) is 0 Å². The van der Waals surface area contributed by atoms with Gasteiger partial charge in [0.25, 0.3) is 0 Å². The summed E-state index contributed by atoms with van der Waals surface area (Å²) in [7, 11) is 0. The molecule has 2 aliphatic rings. The lowest BCUT2D eigenvalue weighted by atomic mass is 10.1. The van der Waals surface area contributed by atoms with E-state index in [-0.39, 0.29) is 6.10 Å². The number of piperidine rings is 1. The summed E-state index contributed by atoms with van der Waals surface area (Å²) in [5, 5.41) is 7.06. The van der Waals surface area contributed by atoms with E-state index >= 15 is 0 Å². The molecule has 150 valence electrons. The summed E-state index contributed by atoms with van der Waals surface area (Å²) in [6.07, 6.45) is 8.04. The molecular weight excluding hydrogens is 374 g/mol. The van der Waals surface area contributed by atoms with Crippen LogP contribution in [0.25, 0.3) is 0 Å². The van der Waals surface area contributed by atoms with Crippen molar-refractivity contribution in [3.05, 3.63) is 41.0 Å². The van der Waals surface area contributed by atoms with Crippen LogP contribution in [-0.4, -0.2) is 47.2 Å². The van der Waals surface area contributed by atoms with Crippen molar-refractivity contribution in [2.75, 3.05) is 36.9 Å². The summed E-state index contributed by atoms with van der Waals surface area (Å²) in [5.74, 6) is 1.17. The van der Waals surface area contributed by atoms with E-state index in [1.54, 1.807) is 6.20 Å². The second kappa shape index (κ2) is 9.54. The smallest absolute Gasteiger partial charge is 0.229 e. The molecule has 1 unspecified atom stereocenters. The van der Waals surface area contributed by atoms with Gasteiger partial charge < -0.3 is 15.4 Å². The monoisotopic (exact) mass is 401 g/mol. The van der Waals surface area contributed by atoms with Gasteiger partial charge in [0.2, 0.25) is 5.95 Å². The average molecular weight is 402 g/mol. The van der Waals surface area contributed by atoms with E-state index in [4.69, 9.17) is 16.3 Å². The van der Waals surface area contributed by atoms with E-state index in [2.05, 4.69) is 49.8 Å². The molecule has 2 saturated heterocycles. The maximum absolute atomic E-state index is 6.24. The Morgan fingerprint density at radius 3 is 2.68 bits per heavy atom. The summed E-state index contributed by atoms with van der Waals surface area (Å²) in [5.41, 5.74) is 2.30. The Morgan fingerprint density at radius 2 is 1.93 bits per heavy atom. The fourth-order valence-electron chi connectivity index (χ4n) is 3.77. The largest absolute Gasteiger partial charge is 0.376 e. The predicted molar refractivity (Wildman–Crippen MR) is 113 cm³/mol. The van der Waals surface area contributed by atoms with Gasteiger partial charge in [-0.1, -0.05) is 30.2 Å². The van der Waals surface area contributed by atoms with Gasteiger partial charge in [0.15, 0.2) is 5.82 Å². The molecule has 0 bridgehead atoms. The number of halogens is 1. The van der Waals surface area contributed by atoms with Crippen molar-refractivity contribution in [1.82, 2.24) is 14.9 Å². The maximum Gasteiger partial charge on any atom is 0.229 e. The van der Waals surface area contributed by atoms with Crippen LogP contribution in [0, 0.1) is 0 Å². The van der Waals surface area contributed by atoms with Crippen molar-refractivity contribution in [3.8, 4) is 0 Å². The summed E-state index contributed by atoms with van der Waals surface area (Å²) in [6.45, 7) is 4.99. The SMILES string of the molecule is Clc1cnc(Nc2ccc(CN3CCCCC3)cc2)nc1NCC1CCCO1. The lowest BCUT2D eigenvalue weighted by molar-refractivity contribution is 0.120. The number of anilines is 3. The molecule has 0 spiro atoms. The van der Waals surface area contributed by atoms with Crippen LogP contribution in [-0.2, 0) is 11.3 Å². The zero-order valence-corrected chi connectivity index (χ0v) is 16.9. The number of hydrogen-bond acceptors (Lipinski definition) is 6. The van der Waals surface area contributed by atoms with Crippen LogP contribution in [0.2, 0.25) is 5.02 Å². The molecule has 1 aromatic heterocycles. The number of hydrogen-bond donors (Lipinski definition) is 2. The third kappa shape index (κ3) is 5.34. The maximum atomic E-state index is 6.24. The van der Waals surface area contributed by atoms with Gasteiger partial charge in [-0.05, 0) is 56.5 Å². The molecule has 28 heavy (non-hydrogen) atoms. The van der Waals surface area contributed by atoms with Gasteiger partial charge in [0.05, 0.1) is 12.3 Å². The molecule has 1 atom stereocenters. The standard InChI is InChI=1S/C21H28ClN5O/c22-19-14-24-21(26-20(19)23-13-18-5-4-12-28-18)25-17-8-6-16(7-9-17)15-27-10-2-1-3-11-27/h6-9,14,18H,1-5,10-13,15H2,(H2,23,24,25,26). The Bertz CT molecular complexity index is 758. The van der Waals surface area contributed by atoms with E-state index in [1.807, 2.05) is 0 Å².